The summed E-state index contributed by atoms with van der Waals surface area (Å²) in [5, 5.41) is 11.5. The molecule has 32 heavy (non-hydrogen) atoms. The Balaban J connectivity index is 1.54. The van der Waals surface area contributed by atoms with Crippen molar-refractivity contribution < 1.29 is 33.7 Å². The largest absolute Gasteiger partial charge is 0.490 e. The Kier molecular flexibility index (Phi) is 4.55. The zero-order valence-electron chi connectivity index (χ0n) is 19.0. The minimum absolute atomic E-state index is 0.00402. The SMILES string of the molecule is COC(=O)C1=C(OC)C(=O)[C@]2(CC[C@H]3[C@@H]4CCC5=CC(=O)C=C[C@]5(C)[C@H]4C(O)C[C@@]32C)O1. The number of ketones is 2. The van der Waals surface area contributed by atoms with Crippen molar-refractivity contribution in [2.75, 3.05) is 14.2 Å². The second-order valence-corrected chi connectivity index (χ2v) is 10.4. The molecule has 1 N–H and O–H groups in total. The van der Waals surface area contributed by atoms with Gasteiger partial charge in [-0.3, -0.25) is 9.59 Å². The van der Waals surface area contributed by atoms with Gasteiger partial charge < -0.3 is 19.3 Å². The topological polar surface area (TPSA) is 99.1 Å². The normalized spacial score (nSPS) is 44.6. The second kappa shape index (κ2) is 6.80. The molecule has 3 saturated carbocycles. The fourth-order valence-electron chi connectivity index (χ4n) is 7.82. The molecule has 0 amide bonds. The molecule has 1 aliphatic heterocycles. The van der Waals surface area contributed by atoms with Gasteiger partial charge in [-0.15, -0.1) is 0 Å². The van der Waals surface area contributed by atoms with Crippen molar-refractivity contribution in [3.8, 4) is 0 Å². The molecule has 1 unspecified atom stereocenters. The number of methoxy groups -OCH3 is 2. The van der Waals surface area contributed by atoms with E-state index in [-0.39, 0.29) is 46.3 Å². The first-order valence-electron chi connectivity index (χ1n) is 11.4. The molecule has 0 bridgehead atoms. The third-order valence-electron chi connectivity index (χ3n) is 9.25. The Morgan fingerprint density at radius 3 is 2.66 bits per heavy atom. The van der Waals surface area contributed by atoms with E-state index in [1.165, 1.54) is 14.2 Å². The van der Waals surface area contributed by atoms with Gasteiger partial charge >= 0.3 is 5.97 Å². The molecule has 7 atom stereocenters. The molecule has 0 radical (unpaired) electrons. The maximum atomic E-state index is 13.6. The summed E-state index contributed by atoms with van der Waals surface area (Å²) in [7, 11) is 2.59. The Morgan fingerprint density at radius 1 is 1.22 bits per heavy atom. The third kappa shape index (κ3) is 2.43. The lowest BCUT2D eigenvalue weighted by molar-refractivity contribution is -0.176. The number of fused-ring (bicyclic) bond motifs is 6. The first-order chi connectivity index (χ1) is 15.1. The molecule has 7 heteroatoms. The average Bonchev–Trinajstić information content (AvgIpc) is 3.22. The number of Topliss-reactive ketones (excluding diaryl/α,β-unsaturated/α-hetero) is 1. The lowest BCUT2D eigenvalue weighted by atomic mass is 9.46. The molecule has 1 spiro atoms. The van der Waals surface area contributed by atoms with Crippen LogP contribution in [0.25, 0.3) is 0 Å². The molecule has 172 valence electrons. The van der Waals surface area contributed by atoms with E-state index >= 15 is 0 Å². The molecule has 0 aromatic carbocycles. The summed E-state index contributed by atoms with van der Waals surface area (Å²) in [6.45, 7) is 4.13. The second-order valence-electron chi connectivity index (χ2n) is 10.4. The summed E-state index contributed by atoms with van der Waals surface area (Å²) in [5.41, 5.74) is -1.18. The van der Waals surface area contributed by atoms with Crippen molar-refractivity contribution >= 4 is 17.5 Å². The van der Waals surface area contributed by atoms with Crippen molar-refractivity contribution in [2.24, 2.45) is 28.6 Å². The fraction of sp³-hybridized carbons (Fsp3) is 0.640. The third-order valence-corrected chi connectivity index (χ3v) is 9.25. The molecule has 1 heterocycles. The van der Waals surface area contributed by atoms with Crippen LogP contribution in [0.4, 0.5) is 0 Å². The van der Waals surface area contributed by atoms with Gasteiger partial charge in [-0.1, -0.05) is 25.5 Å². The monoisotopic (exact) mass is 442 g/mol. The van der Waals surface area contributed by atoms with E-state index in [1.807, 2.05) is 13.0 Å². The average molecular weight is 443 g/mol. The highest BCUT2D eigenvalue weighted by atomic mass is 16.6. The van der Waals surface area contributed by atoms with Crippen LogP contribution in [-0.2, 0) is 28.6 Å². The van der Waals surface area contributed by atoms with Crippen molar-refractivity contribution in [1.29, 1.82) is 0 Å². The van der Waals surface area contributed by atoms with Crippen molar-refractivity contribution in [3.05, 3.63) is 35.3 Å². The van der Waals surface area contributed by atoms with Crippen LogP contribution in [0.2, 0.25) is 0 Å². The minimum Gasteiger partial charge on any atom is -0.490 e. The molecule has 7 nitrogen and oxygen atoms in total. The highest BCUT2D eigenvalue weighted by Crippen LogP contribution is 2.69. The van der Waals surface area contributed by atoms with Crippen LogP contribution < -0.4 is 0 Å². The van der Waals surface area contributed by atoms with Crippen LogP contribution in [0.5, 0.6) is 0 Å². The van der Waals surface area contributed by atoms with E-state index in [9.17, 15) is 19.5 Å². The standard InChI is InChI=1S/C25H30O7/c1-23-9-7-14(26)11-13(23)5-6-15-16-8-10-25(24(16,2)12-17(27)18(15)23)21(28)19(30-3)20(32-25)22(29)31-4/h7,9,11,15-18,27H,5-6,8,10,12H2,1-4H3/t15-,16-,17?,18+,23-,24-,25-/m0/s1. The predicted octanol–water partition coefficient (Wildman–Crippen LogP) is 2.63. The molecule has 0 aromatic heterocycles. The first-order valence-corrected chi connectivity index (χ1v) is 11.4. The molecule has 4 aliphatic carbocycles. The minimum atomic E-state index is -1.24. The number of carbonyl (C=O) groups is 3. The number of allylic oxidation sites excluding steroid dienone is 4. The van der Waals surface area contributed by atoms with E-state index in [2.05, 4.69) is 6.92 Å². The quantitative estimate of drug-likeness (QED) is 0.657. The van der Waals surface area contributed by atoms with Gasteiger partial charge in [0.05, 0.1) is 20.3 Å². The number of aliphatic hydroxyl groups excluding tert-OH is 1. The Hall–Kier alpha value is -2.41. The number of ether oxygens (including phenoxy) is 3. The summed E-state index contributed by atoms with van der Waals surface area (Å²) < 4.78 is 16.3. The summed E-state index contributed by atoms with van der Waals surface area (Å²) in [4.78, 5) is 37.9. The number of carbonyl (C=O) groups excluding carboxylic acids is 3. The van der Waals surface area contributed by atoms with Crippen LogP contribution in [0.15, 0.2) is 35.3 Å². The Bertz CT molecular complexity index is 1010. The van der Waals surface area contributed by atoms with Crippen LogP contribution in [0.1, 0.15) is 46.0 Å². The molecule has 0 saturated heterocycles. The van der Waals surface area contributed by atoms with Gasteiger partial charge in [0, 0.05) is 16.7 Å². The van der Waals surface area contributed by atoms with Gasteiger partial charge in [-0.25, -0.2) is 4.79 Å². The van der Waals surface area contributed by atoms with Crippen LogP contribution in [0, 0.1) is 28.6 Å². The molecule has 3 fully saturated rings. The highest BCUT2D eigenvalue weighted by Gasteiger charge is 2.73. The zero-order valence-corrected chi connectivity index (χ0v) is 19.0. The highest BCUT2D eigenvalue weighted by molar-refractivity contribution is 6.09. The molecule has 0 aromatic rings. The maximum absolute atomic E-state index is 13.6. The lowest BCUT2D eigenvalue weighted by Gasteiger charge is -2.59. The van der Waals surface area contributed by atoms with Crippen LogP contribution in [-0.4, -0.2) is 48.6 Å². The Morgan fingerprint density at radius 2 is 1.97 bits per heavy atom. The zero-order chi connectivity index (χ0) is 23.1. The molecular formula is C25H30O7. The van der Waals surface area contributed by atoms with Gasteiger partial charge in [-0.2, -0.15) is 0 Å². The van der Waals surface area contributed by atoms with E-state index in [4.69, 9.17) is 14.2 Å². The van der Waals surface area contributed by atoms with Gasteiger partial charge in [0.2, 0.25) is 11.5 Å². The van der Waals surface area contributed by atoms with Gasteiger partial charge in [-0.05, 0) is 56.1 Å². The summed E-state index contributed by atoms with van der Waals surface area (Å²) in [6.07, 6.45) is 7.89. The summed E-state index contributed by atoms with van der Waals surface area (Å²) in [5.74, 6) is -1.05. The smallest absolute Gasteiger partial charge is 0.377 e. The van der Waals surface area contributed by atoms with Gasteiger partial charge in [0.25, 0.3) is 5.76 Å². The summed E-state index contributed by atoms with van der Waals surface area (Å²) >= 11 is 0. The van der Waals surface area contributed by atoms with E-state index in [0.29, 0.717) is 12.8 Å². The molecule has 5 aliphatic rings. The van der Waals surface area contributed by atoms with Crippen molar-refractivity contribution in [1.82, 2.24) is 0 Å². The van der Waals surface area contributed by atoms with Crippen LogP contribution in [0.3, 0.4) is 0 Å². The van der Waals surface area contributed by atoms with E-state index in [0.717, 1.165) is 24.8 Å². The fourth-order valence-corrected chi connectivity index (χ4v) is 7.82. The number of hydrogen-bond acceptors (Lipinski definition) is 7. The van der Waals surface area contributed by atoms with Crippen molar-refractivity contribution in [3.63, 3.8) is 0 Å². The number of rotatable bonds is 2. The predicted molar refractivity (Wildman–Crippen MR) is 113 cm³/mol. The summed E-state index contributed by atoms with van der Waals surface area (Å²) in [6, 6.07) is 0. The van der Waals surface area contributed by atoms with Crippen LogP contribution >= 0.6 is 0 Å². The van der Waals surface area contributed by atoms with Crippen molar-refractivity contribution in [2.45, 2.75) is 57.7 Å². The molecular weight excluding hydrogens is 412 g/mol. The number of esters is 1. The van der Waals surface area contributed by atoms with Gasteiger partial charge in [0.15, 0.2) is 11.4 Å². The maximum Gasteiger partial charge on any atom is 0.377 e. The molecule has 5 rings (SSSR count). The number of hydrogen-bond donors (Lipinski definition) is 1. The van der Waals surface area contributed by atoms with E-state index < -0.39 is 23.1 Å². The van der Waals surface area contributed by atoms with Gasteiger partial charge in [0.1, 0.15) is 0 Å². The first kappa shape index (κ1) is 21.4. The van der Waals surface area contributed by atoms with E-state index in [1.54, 1.807) is 12.2 Å². The lowest BCUT2D eigenvalue weighted by Crippen LogP contribution is -2.61. The Labute approximate surface area is 187 Å². The number of aliphatic hydroxyl groups is 1.